The molecule has 37 heavy (non-hydrogen) atoms. The second kappa shape index (κ2) is 10.9. The molecule has 0 aliphatic carbocycles. The average Bonchev–Trinajstić information content (AvgIpc) is 3.37. The Kier molecular flexibility index (Phi) is 7.84. The summed E-state index contributed by atoms with van der Waals surface area (Å²) in [5, 5.41) is 12.3. The highest BCUT2D eigenvalue weighted by molar-refractivity contribution is 7.89. The Hall–Kier alpha value is -3.44. The van der Waals surface area contributed by atoms with Crippen LogP contribution in [0.5, 0.6) is 0 Å². The monoisotopic (exact) mass is 528 g/mol. The third-order valence-corrected chi connectivity index (χ3v) is 8.79. The highest BCUT2D eigenvalue weighted by Crippen LogP contribution is 2.27. The number of carboxylic acids is 1. The Balaban J connectivity index is 1.44. The van der Waals surface area contributed by atoms with Gasteiger partial charge in [-0.3, -0.25) is 9.69 Å². The SMILES string of the molecule is Cc1ccc(S(=O)(=O)N2CCCC2C(=O)NC(Cc2ccc(N3CCCN(C)C3=O)cc2)C(=O)O)cc1. The Bertz CT molecular complexity index is 1260. The molecule has 2 aliphatic rings. The van der Waals surface area contributed by atoms with Crippen LogP contribution < -0.4 is 10.2 Å². The number of aryl methyl sites for hydroxylation is 1. The summed E-state index contributed by atoms with van der Waals surface area (Å²) in [7, 11) is -2.15. The molecule has 4 rings (SSSR count). The first-order chi connectivity index (χ1) is 17.6. The van der Waals surface area contributed by atoms with E-state index in [4.69, 9.17) is 0 Å². The van der Waals surface area contributed by atoms with E-state index < -0.39 is 34.0 Å². The minimum absolute atomic E-state index is 0.0205. The van der Waals surface area contributed by atoms with Crippen molar-refractivity contribution in [2.45, 2.75) is 49.6 Å². The number of anilines is 1. The van der Waals surface area contributed by atoms with Gasteiger partial charge in [0.25, 0.3) is 0 Å². The molecular formula is C26H32N4O6S. The lowest BCUT2D eigenvalue weighted by atomic mass is 10.0. The lowest BCUT2D eigenvalue weighted by molar-refractivity contribution is -0.142. The maximum Gasteiger partial charge on any atom is 0.326 e. The summed E-state index contributed by atoms with van der Waals surface area (Å²) >= 11 is 0. The van der Waals surface area contributed by atoms with Gasteiger partial charge in [-0.05, 0) is 56.0 Å². The minimum Gasteiger partial charge on any atom is -0.480 e. The number of carbonyl (C=O) groups is 3. The molecule has 2 fully saturated rings. The van der Waals surface area contributed by atoms with E-state index in [0.717, 1.165) is 22.0 Å². The highest BCUT2D eigenvalue weighted by atomic mass is 32.2. The average molecular weight is 529 g/mol. The molecule has 2 unspecified atom stereocenters. The predicted octanol–water partition coefficient (Wildman–Crippen LogP) is 2.22. The molecule has 0 aromatic heterocycles. The second-order valence-electron chi connectivity index (χ2n) is 9.57. The van der Waals surface area contributed by atoms with Gasteiger partial charge in [-0.25, -0.2) is 18.0 Å². The van der Waals surface area contributed by atoms with Gasteiger partial charge in [0.05, 0.1) is 4.90 Å². The molecule has 2 N–H and O–H groups in total. The quantitative estimate of drug-likeness (QED) is 0.541. The number of sulfonamides is 1. The number of amides is 3. The molecule has 198 valence electrons. The standard InChI is InChI=1S/C26H32N4O6S/c1-18-6-12-21(13-7-18)37(35,36)30-16-3-5-23(30)24(31)27-22(25(32)33)17-19-8-10-20(11-9-19)29-15-4-14-28(2)26(29)34/h6-13,22-23H,3-5,14-17H2,1-2H3,(H,27,31)(H,32,33). The molecule has 2 atom stereocenters. The molecule has 0 bridgehead atoms. The van der Waals surface area contributed by atoms with E-state index in [-0.39, 0.29) is 23.9 Å². The Morgan fingerprint density at radius 1 is 1.03 bits per heavy atom. The van der Waals surface area contributed by atoms with Crippen LogP contribution in [-0.4, -0.2) is 79.4 Å². The van der Waals surface area contributed by atoms with Crippen LogP contribution >= 0.6 is 0 Å². The summed E-state index contributed by atoms with van der Waals surface area (Å²) in [5.41, 5.74) is 2.31. The lowest BCUT2D eigenvalue weighted by Crippen LogP contribution is -2.51. The van der Waals surface area contributed by atoms with Crippen molar-refractivity contribution in [2.75, 3.05) is 31.6 Å². The number of benzene rings is 2. The van der Waals surface area contributed by atoms with Crippen molar-refractivity contribution in [3.05, 3.63) is 59.7 Å². The molecule has 2 saturated heterocycles. The van der Waals surface area contributed by atoms with E-state index in [1.54, 1.807) is 53.2 Å². The van der Waals surface area contributed by atoms with Gasteiger partial charge in [-0.15, -0.1) is 0 Å². The van der Waals surface area contributed by atoms with E-state index in [2.05, 4.69) is 5.32 Å². The van der Waals surface area contributed by atoms with Crippen molar-refractivity contribution >= 4 is 33.6 Å². The van der Waals surface area contributed by atoms with Crippen LogP contribution in [0, 0.1) is 6.92 Å². The third kappa shape index (κ3) is 5.78. The van der Waals surface area contributed by atoms with Gasteiger partial charge in [0.2, 0.25) is 15.9 Å². The van der Waals surface area contributed by atoms with Crippen LogP contribution in [0.25, 0.3) is 0 Å². The zero-order chi connectivity index (χ0) is 26.7. The fourth-order valence-electron chi connectivity index (χ4n) is 4.75. The zero-order valence-corrected chi connectivity index (χ0v) is 21.8. The van der Waals surface area contributed by atoms with E-state index >= 15 is 0 Å². The van der Waals surface area contributed by atoms with Crippen LogP contribution in [-0.2, 0) is 26.0 Å². The van der Waals surface area contributed by atoms with Crippen LogP contribution in [0.2, 0.25) is 0 Å². The predicted molar refractivity (Wildman–Crippen MR) is 138 cm³/mol. The number of carboxylic acid groups (broad SMARTS) is 1. The maximum atomic E-state index is 13.2. The van der Waals surface area contributed by atoms with Gasteiger partial charge in [-0.1, -0.05) is 29.8 Å². The van der Waals surface area contributed by atoms with Crippen molar-refractivity contribution < 1.29 is 27.9 Å². The molecule has 2 aliphatic heterocycles. The first-order valence-electron chi connectivity index (χ1n) is 12.3. The second-order valence-corrected chi connectivity index (χ2v) is 11.5. The number of hydrogen-bond acceptors (Lipinski definition) is 5. The van der Waals surface area contributed by atoms with E-state index in [1.165, 1.54) is 12.1 Å². The normalized spacial score (nSPS) is 19.6. The first-order valence-corrected chi connectivity index (χ1v) is 13.7. The van der Waals surface area contributed by atoms with Crippen LogP contribution in [0.4, 0.5) is 10.5 Å². The summed E-state index contributed by atoms with van der Waals surface area (Å²) in [6, 6.07) is 11.1. The fourth-order valence-corrected chi connectivity index (χ4v) is 6.41. The lowest BCUT2D eigenvalue weighted by Gasteiger charge is -2.33. The van der Waals surface area contributed by atoms with Gasteiger partial charge in [0.1, 0.15) is 12.1 Å². The van der Waals surface area contributed by atoms with Crippen LogP contribution in [0.15, 0.2) is 53.4 Å². The summed E-state index contributed by atoms with van der Waals surface area (Å²) in [6.45, 7) is 3.36. The summed E-state index contributed by atoms with van der Waals surface area (Å²) in [5.74, 6) is -1.84. The van der Waals surface area contributed by atoms with Crippen molar-refractivity contribution in [3.63, 3.8) is 0 Å². The van der Waals surface area contributed by atoms with Gasteiger partial charge in [0.15, 0.2) is 0 Å². The molecular weight excluding hydrogens is 496 g/mol. The van der Waals surface area contributed by atoms with Crippen LogP contribution in [0.3, 0.4) is 0 Å². The molecule has 3 amide bonds. The van der Waals surface area contributed by atoms with Crippen molar-refractivity contribution in [1.82, 2.24) is 14.5 Å². The van der Waals surface area contributed by atoms with E-state index in [9.17, 15) is 27.9 Å². The molecule has 2 heterocycles. The fraction of sp³-hybridized carbons (Fsp3) is 0.423. The number of nitrogens with one attached hydrogen (secondary N) is 1. The molecule has 0 saturated carbocycles. The van der Waals surface area contributed by atoms with Crippen molar-refractivity contribution in [2.24, 2.45) is 0 Å². The van der Waals surface area contributed by atoms with Gasteiger partial charge >= 0.3 is 12.0 Å². The minimum atomic E-state index is -3.90. The smallest absolute Gasteiger partial charge is 0.326 e. The Morgan fingerprint density at radius 3 is 2.35 bits per heavy atom. The van der Waals surface area contributed by atoms with Gasteiger partial charge in [-0.2, -0.15) is 4.31 Å². The summed E-state index contributed by atoms with van der Waals surface area (Å²) in [6.07, 6.45) is 1.70. The number of aliphatic carboxylic acids is 1. The summed E-state index contributed by atoms with van der Waals surface area (Å²) in [4.78, 5) is 40.9. The molecule has 0 radical (unpaired) electrons. The topological polar surface area (TPSA) is 127 Å². The number of hydrogen-bond donors (Lipinski definition) is 2. The molecule has 2 aromatic rings. The number of urea groups is 1. The van der Waals surface area contributed by atoms with Gasteiger partial charge < -0.3 is 15.3 Å². The molecule has 2 aromatic carbocycles. The van der Waals surface area contributed by atoms with Crippen molar-refractivity contribution in [1.29, 1.82) is 0 Å². The maximum absolute atomic E-state index is 13.2. The third-order valence-electron chi connectivity index (χ3n) is 6.87. The van der Waals surface area contributed by atoms with Gasteiger partial charge in [0, 0.05) is 38.8 Å². The molecule has 11 heteroatoms. The molecule has 10 nitrogen and oxygen atoms in total. The Morgan fingerprint density at radius 2 is 1.70 bits per heavy atom. The van der Waals surface area contributed by atoms with Crippen molar-refractivity contribution in [3.8, 4) is 0 Å². The summed E-state index contributed by atoms with van der Waals surface area (Å²) < 4.78 is 27.5. The Labute approximate surface area is 216 Å². The first kappa shape index (κ1) is 26.6. The number of nitrogens with zero attached hydrogens (tertiary/aromatic N) is 3. The number of carbonyl (C=O) groups excluding carboxylic acids is 2. The molecule has 0 spiro atoms. The number of rotatable bonds is 8. The largest absolute Gasteiger partial charge is 0.480 e. The highest BCUT2D eigenvalue weighted by Gasteiger charge is 2.40. The zero-order valence-electron chi connectivity index (χ0n) is 21.0. The van der Waals surface area contributed by atoms with Crippen LogP contribution in [0.1, 0.15) is 30.4 Å². The van der Waals surface area contributed by atoms with E-state index in [0.29, 0.717) is 31.5 Å². The van der Waals surface area contributed by atoms with E-state index in [1.807, 2.05) is 6.92 Å².